The van der Waals surface area contributed by atoms with Crippen LogP contribution in [0.25, 0.3) is 0 Å². The first-order valence-corrected chi connectivity index (χ1v) is 6.47. The Balaban J connectivity index is 2.16. The van der Waals surface area contributed by atoms with E-state index >= 15 is 0 Å². The summed E-state index contributed by atoms with van der Waals surface area (Å²) in [4.78, 5) is 14.2. The fourth-order valence-corrected chi connectivity index (χ4v) is 1.99. The molecule has 0 bridgehead atoms. The first kappa shape index (κ1) is 14.1. The molecule has 2 aromatic rings. The molecule has 0 saturated carbocycles. The Bertz CT molecular complexity index is 581. The van der Waals surface area contributed by atoms with E-state index in [1.165, 1.54) is 0 Å². The molecule has 0 aromatic heterocycles. The number of carbonyl (C=O) groups excluding carboxylic acids is 1. The maximum absolute atomic E-state index is 12.2. The standard InChI is InChI=1S/C16H19N3O/c1-19(2)14-11-7-6-10-13(14)18-16(20)15(17)12-8-4-3-5-9-12/h3-11,15H,17H2,1-2H3,(H,18,20). The molecule has 104 valence electrons. The van der Waals surface area contributed by atoms with Crippen molar-refractivity contribution in [2.24, 2.45) is 5.73 Å². The largest absolute Gasteiger partial charge is 0.376 e. The van der Waals surface area contributed by atoms with Gasteiger partial charge in [0, 0.05) is 14.1 Å². The third kappa shape index (κ3) is 3.16. The molecule has 0 saturated heterocycles. The Morgan fingerprint density at radius 1 is 1.05 bits per heavy atom. The van der Waals surface area contributed by atoms with Gasteiger partial charge >= 0.3 is 0 Å². The van der Waals surface area contributed by atoms with Gasteiger partial charge in [-0.15, -0.1) is 0 Å². The SMILES string of the molecule is CN(C)c1ccccc1NC(=O)C(N)c1ccccc1. The molecule has 0 heterocycles. The lowest BCUT2D eigenvalue weighted by Crippen LogP contribution is -2.28. The number of rotatable bonds is 4. The molecular formula is C16H19N3O. The minimum atomic E-state index is -0.675. The summed E-state index contributed by atoms with van der Waals surface area (Å²) in [7, 11) is 3.87. The second-order valence-electron chi connectivity index (χ2n) is 4.79. The number of anilines is 2. The van der Waals surface area contributed by atoms with E-state index in [1.807, 2.05) is 73.6 Å². The van der Waals surface area contributed by atoms with Crippen LogP contribution in [0.4, 0.5) is 11.4 Å². The van der Waals surface area contributed by atoms with Crippen molar-refractivity contribution in [1.82, 2.24) is 0 Å². The van der Waals surface area contributed by atoms with E-state index in [9.17, 15) is 4.79 Å². The Labute approximate surface area is 119 Å². The highest BCUT2D eigenvalue weighted by Gasteiger charge is 2.16. The van der Waals surface area contributed by atoms with E-state index < -0.39 is 6.04 Å². The summed E-state index contributed by atoms with van der Waals surface area (Å²) in [5.74, 6) is -0.217. The maximum Gasteiger partial charge on any atom is 0.245 e. The van der Waals surface area contributed by atoms with Crippen molar-refractivity contribution in [3.63, 3.8) is 0 Å². The summed E-state index contributed by atoms with van der Waals surface area (Å²) >= 11 is 0. The summed E-state index contributed by atoms with van der Waals surface area (Å²) in [6.07, 6.45) is 0. The molecule has 0 aliphatic heterocycles. The van der Waals surface area contributed by atoms with E-state index in [0.717, 1.165) is 16.9 Å². The summed E-state index contributed by atoms with van der Waals surface area (Å²) in [6, 6.07) is 16.3. The lowest BCUT2D eigenvalue weighted by atomic mass is 10.1. The molecule has 4 nitrogen and oxygen atoms in total. The third-order valence-electron chi connectivity index (χ3n) is 3.08. The quantitative estimate of drug-likeness (QED) is 0.896. The van der Waals surface area contributed by atoms with E-state index in [4.69, 9.17) is 5.73 Å². The number of hydrogen-bond acceptors (Lipinski definition) is 3. The third-order valence-corrected chi connectivity index (χ3v) is 3.08. The molecule has 1 unspecified atom stereocenters. The first-order valence-electron chi connectivity index (χ1n) is 6.47. The van der Waals surface area contributed by atoms with Crippen molar-refractivity contribution in [2.75, 3.05) is 24.3 Å². The van der Waals surface area contributed by atoms with Gasteiger partial charge in [-0.05, 0) is 17.7 Å². The van der Waals surface area contributed by atoms with Gasteiger partial charge in [0.1, 0.15) is 6.04 Å². The van der Waals surface area contributed by atoms with E-state index in [1.54, 1.807) is 0 Å². The zero-order valence-corrected chi connectivity index (χ0v) is 11.7. The van der Waals surface area contributed by atoms with Gasteiger partial charge in [0.2, 0.25) is 5.91 Å². The number of amides is 1. The predicted octanol–water partition coefficient (Wildman–Crippen LogP) is 2.39. The highest BCUT2D eigenvalue weighted by molar-refractivity contribution is 5.98. The molecule has 2 aromatic carbocycles. The van der Waals surface area contributed by atoms with Gasteiger partial charge in [0.05, 0.1) is 11.4 Å². The molecule has 0 aliphatic rings. The highest BCUT2D eigenvalue weighted by atomic mass is 16.2. The predicted molar refractivity (Wildman–Crippen MR) is 82.8 cm³/mol. The Kier molecular flexibility index (Phi) is 4.38. The lowest BCUT2D eigenvalue weighted by molar-refractivity contribution is -0.117. The van der Waals surface area contributed by atoms with Crippen molar-refractivity contribution in [1.29, 1.82) is 0 Å². The Morgan fingerprint density at radius 3 is 2.30 bits per heavy atom. The Hall–Kier alpha value is -2.33. The maximum atomic E-state index is 12.2. The van der Waals surface area contributed by atoms with Crippen molar-refractivity contribution in [3.8, 4) is 0 Å². The molecule has 3 N–H and O–H groups in total. The van der Waals surface area contributed by atoms with Gasteiger partial charge in [-0.25, -0.2) is 0 Å². The second-order valence-corrected chi connectivity index (χ2v) is 4.79. The molecule has 4 heteroatoms. The zero-order valence-electron chi connectivity index (χ0n) is 11.7. The van der Waals surface area contributed by atoms with Crippen LogP contribution in [0.15, 0.2) is 54.6 Å². The number of nitrogens with one attached hydrogen (secondary N) is 1. The molecule has 2 rings (SSSR count). The summed E-state index contributed by atoms with van der Waals surface area (Å²) in [5, 5.41) is 2.88. The fourth-order valence-electron chi connectivity index (χ4n) is 1.99. The Morgan fingerprint density at radius 2 is 1.65 bits per heavy atom. The summed E-state index contributed by atoms with van der Waals surface area (Å²) < 4.78 is 0. The number of nitrogens with two attached hydrogens (primary N) is 1. The number of nitrogens with zero attached hydrogens (tertiary/aromatic N) is 1. The average Bonchev–Trinajstić information content (AvgIpc) is 2.47. The first-order chi connectivity index (χ1) is 9.59. The van der Waals surface area contributed by atoms with Crippen LogP contribution < -0.4 is 16.0 Å². The van der Waals surface area contributed by atoms with Gasteiger partial charge in [0.15, 0.2) is 0 Å². The number of benzene rings is 2. The minimum absolute atomic E-state index is 0.217. The van der Waals surface area contributed by atoms with Crippen LogP contribution in [0.3, 0.4) is 0 Å². The van der Waals surface area contributed by atoms with Crippen LogP contribution in [0.2, 0.25) is 0 Å². The van der Waals surface area contributed by atoms with Gasteiger partial charge < -0.3 is 16.0 Å². The number of hydrogen-bond donors (Lipinski definition) is 2. The molecular weight excluding hydrogens is 250 g/mol. The van der Waals surface area contributed by atoms with Crippen molar-refractivity contribution in [3.05, 3.63) is 60.2 Å². The molecule has 0 fully saturated rings. The van der Waals surface area contributed by atoms with Gasteiger partial charge in [0.25, 0.3) is 0 Å². The molecule has 20 heavy (non-hydrogen) atoms. The van der Waals surface area contributed by atoms with Crippen LogP contribution >= 0.6 is 0 Å². The molecule has 1 atom stereocenters. The molecule has 1 amide bonds. The van der Waals surface area contributed by atoms with Crippen molar-refractivity contribution < 1.29 is 4.79 Å². The summed E-state index contributed by atoms with van der Waals surface area (Å²) in [5.41, 5.74) is 8.49. The fraction of sp³-hybridized carbons (Fsp3) is 0.188. The normalized spacial score (nSPS) is 11.8. The van der Waals surface area contributed by atoms with Crippen LogP contribution in [-0.2, 0) is 4.79 Å². The number of carbonyl (C=O) groups is 1. The second kappa shape index (κ2) is 6.21. The molecule has 0 radical (unpaired) electrons. The minimum Gasteiger partial charge on any atom is -0.376 e. The van der Waals surface area contributed by atoms with Gasteiger partial charge in [-0.2, -0.15) is 0 Å². The molecule has 0 aliphatic carbocycles. The van der Waals surface area contributed by atoms with Crippen LogP contribution in [-0.4, -0.2) is 20.0 Å². The molecule has 0 spiro atoms. The van der Waals surface area contributed by atoms with Crippen LogP contribution in [0, 0.1) is 0 Å². The average molecular weight is 269 g/mol. The number of para-hydroxylation sites is 2. The van der Waals surface area contributed by atoms with Crippen molar-refractivity contribution in [2.45, 2.75) is 6.04 Å². The van der Waals surface area contributed by atoms with Crippen molar-refractivity contribution >= 4 is 17.3 Å². The monoisotopic (exact) mass is 269 g/mol. The van der Waals surface area contributed by atoms with Crippen LogP contribution in [0.1, 0.15) is 11.6 Å². The van der Waals surface area contributed by atoms with Crippen LogP contribution in [0.5, 0.6) is 0 Å². The summed E-state index contributed by atoms with van der Waals surface area (Å²) in [6.45, 7) is 0. The van der Waals surface area contributed by atoms with E-state index in [-0.39, 0.29) is 5.91 Å². The zero-order chi connectivity index (χ0) is 14.5. The van der Waals surface area contributed by atoms with E-state index in [2.05, 4.69) is 5.32 Å². The smallest absolute Gasteiger partial charge is 0.245 e. The lowest BCUT2D eigenvalue weighted by Gasteiger charge is -2.19. The van der Waals surface area contributed by atoms with Gasteiger partial charge in [-0.3, -0.25) is 4.79 Å². The highest BCUT2D eigenvalue weighted by Crippen LogP contribution is 2.24. The van der Waals surface area contributed by atoms with E-state index in [0.29, 0.717) is 0 Å². The topological polar surface area (TPSA) is 58.4 Å². The van der Waals surface area contributed by atoms with Gasteiger partial charge in [-0.1, -0.05) is 42.5 Å².